The van der Waals surface area contributed by atoms with Gasteiger partial charge in [-0.15, -0.1) is 0 Å². The van der Waals surface area contributed by atoms with Crippen LogP contribution in [0.2, 0.25) is 0 Å². The molecule has 0 atom stereocenters. The highest BCUT2D eigenvalue weighted by Crippen LogP contribution is 2.20. The fourth-order valence-electron chi connectivity index (χ4n) is 2.65. The number of carbonyl (C=O) groups excluding carboxylic acids is 2. The zero-order chi connectivity index (χ0) is 21.8. The molecule has 5 heteroatoms. The van der Waals surface area contributed by atoms with Gasteiger partial charge in [0, 0.05) is 30.9 Å². The van der Waals surface area contributed by atoms with Gasteiger partial charge in [0.05, 0.1) is 0 Å². The first-order valence-electron chi connectivity index (χ1n) is 9.66. The Labute approximate surface area is 173 Å². The molecule has 2 rings (SSSR count). The molecule has 0 saturated heterocycles. The molecule has 0 aliphatic rings. The van der Waals surface area contributed by atoms with Crippen LogP contribution in [0.15, 0.2) is 48.2 Å². The van der Waals surface area contributed by atoms with E-state index in [0.717, 1.165) is 28.1 Å². The van der Waals surface area contributed by atoms with Crippen molar-refractivity contribution in [2.75, 3.05) is 24.3 Å². The molecular weight excluding hydrogens is 362 g/mol. The molecule has 0 spiro atoms. The molecule has 0 aliphatic heterocycles. The summed E-state index contributed by atoms with van der Waals surface area (Å²) < 4.78 is 0. The second-order valence-corrected chi connectivity index (χ2v) is 8.52. The second-order valence-electron chi connectivity index (χ2n) is 8.52. The predicted octanol–water partition coefficient (Wildman–Crippen LogP) is 4.51. The summed E-state index contributed by atoms with van der Waals surface area (Å²) >= 11 is 0. The van der Waals surface area contributed by atoms with Crippen LogP contribution in [0.5, 0.6) is 0 Å². The largest absolute Gasteiger partial charge is 0.378 e. The van der Waals surface area contributed by atoms with Gasteiger partial charge in [-0.3, -0.25) is 9.59 Å². The van der Waals surface area contributed by atoms with E-state index >= 15 is 0 Å². The van der Waals surface area contributed by atoms with E-state index in [4.69, 9.17) is 0 Å². The molecule has 0 saturated carbocycles. The molecule has 0 aliphatic carbocycles. The monoisotopic (exact) mass is 393 g/mol. The SMILES string of the molecule is Cc1ccc(NC(=O)/C(=C\c2ccc(N(C)C)cc2)NC(=O)C(C)(C)C)c(C)c1. The first-order valence-corrected chi connectivity index (χ1v) is 9.66. The van der Waals surface area contributed by atoms with E-state index in [9.17, 15) is 9.59 Å². The Hall–Kier alpha value is -3.08. The standard InChI is InChI=1S/C24H31N3O2/c1-16-8-13-20(17(2)14-16)25-22(28)21(26-23(29)24(3,4)5)15-18-9-11-19(12-10-18)27(6)7/h8-15H,1-7H3,(H,25,28)(H,26,29)/b21-15+. The van der Waals surface area contributed by atoms with Crippen LogP contribution in [0.4, 0.5) is 11.4 Å². The van der Waals surface area contributed by atoms with E-state index < -0.39 is 5.41 Å². The van der Waals surface area contributed by atoms with Crippen molar-refractivity contribution >= 4 is 29.3 Å². The summed E-state index contributed by atoms with van der Waals surface area (Å²) in [6.45, 7) is 9.39. The molecule has 0 bridgehead atoms. The Bertz CT molecular complexity index is 920. The minimum absolute atomic E-state index is 0.211. The van der Waals surface area contributed by atoms with Crippen molar-refractivity contribution in [1.29, 1.82) is 0 Å². The van der Waals surface area contributed by atoms with Crippen molar-refractivity contribution in [3.05, 3.63) is 64.9 Å². The minimum atomic E-state index is -0.617. The van der Waals surface area contributed by atoms with Gasteiger partial charge in [0.2, 0.25) is 5.91 Å². The topological polar surface area (TPSA) is 61.4 Å². The van der Waals surface area contributed by atoms with Crippen molar-refractivity contribution in [2.45, 2.75) is 34.6 Å². The molecule has 0 fully saturated rings. The normalized spacial score (nSPS) is 11.8. The van der Waals surface area contributed by atoms with Crippen LogP contribution in [-0.2, 0) is 9.59 Å². The molecule has 2 N–H and O–H groups in total. The third-order valence-corrected chi connectivity index (χ3v) is 4.52. The van der Waals surface area contributed by atoms with Gasteiger partial charge in [-0.1, -0.05) is 50.6 Å². The van der Waals surface area contributed by atoms with Gasteiger partial charge in [-0.25, -0.2) is 0 Å². The molecule has 29 heavy (non-hydrogen) atoms. The average Bonchev–Trinajstić information content (AvgIpc) is 2.63. The maximum atomic E-state index is 13.0. The minimum Gasteiger partial charge on any atom is -0.378 e. The van der Waals surface area contributed by atoms with Crippen LogP contribution in [0.3, 0.4) is 0 Å². The van der Waals surface area contributed by atoms with Gasteiger partial charge in [0.25, 0.3) is 5.91 Å². The van der Waals surface area contributed by atoms with Crippen molar-refractivity contribution < 1.29 is 9.59 Å². The number of anilines is 2. The number of hydrogen-bond donors (Lipinski definition) is 2. The molecule has 0 heterocycles. The summed E-state index contributed by atoms with van der Waals surface area (Å²) in [5.41, 5.74) is 4.29. The van der Waals surface area contributed by atoms with E-state index in [0.29, 0.717) is 0 Å². The number of nitrogens with zero attached hydrogens (tertiary/aromatic N) is 1. The Kier molecular flexibility index (Phi) is 6.85. The molecule has 2 amide bonds. The first kappa shape index (κ1) is 22.2. The van der Waals surface area contributed by atoms with Gasteiger partial charge in [-0.05, 0) is 49.2 Å². The summed E-state index contributed by atoms with van der Waals surface area (Å²) in [6.07, 6.45) is 1.70. The highest BCUT2D eigenvalue weighted by Gasteiger charge is 2.24. The number of rotatable bonds is 5. The van der Waals surface area contributed by atoms with Gasteiger partial charge >= 0.3 is 0 Å². The average molecular weight is 394 g/mol. The lowest BCUT2D eigenvalue weighted by Crippen LogP contribution is -2.38. The molecule has 2 aromatic carbocycles. The highest BCUT2D eigenvalue weighted by atomic mass is 16.2. The maximum Gasteiger partial charge on any atom is 0.272 e. The Morgan fingerprint density at radius 2 is 1.59 bits per heavy atom. The van der Waals surface area contributed by atoms with E-state index in [1.54, 1.807) is 6.08 Å². The fourth-order valence-corrected chi connectivity index (χ4v) is 2.65. The quantitative estimate of drug-likeness (QED) is 0.735. The zero-order valence-corrected chi connectivity index (χ0v) is 18.4. The van der Waals surface area contributed by atoms with Crippen LogP contribution in [0.25, 0.3) is 6.08 Å². The third-order valence-electron chi connectivity index (χ3n) is 4.52. The lowest BCUT2D eigenvalue weighted by atomic mass is 9.95. The number of nitrogens with one attached hydrogen (secondary N) is 2. The maximum absolute atomic E-state index is 13.0. The number of aryl methyl sites for hydroxylation is 2. The van der Waals surface area contributed by atoms with Crippen LogP contribution in [-0.4, -0.2) is 25.9 Å². The lowest BCUT2D eigenvalue weighted by Gasteiger charge is -2.20. The lowest BCUT2D eigenvalue weighted by molar-refractivity contribution is -0.128. The van der Waals surface area contributed by atoms with E-state index in [1.165, 1.54) is 0 Å². The number of carbonyl (C=O) groups is 2. The summed E-state index contributed by atoms with van der Waals surface area (Å²) in [4.78, 5) is 27.5. The van der Waals surface area contributed by atoms with Crippen LogP contribution in [0, 0.1) is 19.3 Å². The Balaban J connectivity index is 2.35. The molecule has 154 valence electrons. The third kappa shape index (κ3) is 6.21. The smallest absolute Gasteiger partial charge is 0.272 e. The predicted molar refractivity (Wildman–Crippen MR) is 121 cm³/mol. The van der Waals surface area contributed by atoms with Gasteiger partial charge < -0.3 is 15.5 Å². The van der Waals surface area contributed by atoms with E-state index in [-0.39, 0.29) is 17.5 Å². The number of amides is 2. The van der Waals surface area contributed by atoms with Crippen LogP contribution < -0.4 is 15.5 Å². The zero-order valence-electron chi connectivity index (χ0n) is 18.4. The number of hydrogen-bond acceptors (Lipinski definition) is 3. The summed E-state index contributed by atoms with van der Waals surface area (Å²) in [5, 5.41) is 5.71. The van der Waals surface area contributed by atoms with E-state index in [1.807, 2.05) is 96.1 Å². The van der Waals surface area contributed by atoms with Gasteiger partial charge in [0.1, 0.15) is 5.70 Å². The number of benzene rings is 2. The Morgan fingerprint density at radius 3 is 2.10 bits per heavy atom. The summed E-state index contributed by atoms with van der Waals surface area (Å²) in [6, 6.07) is 13.6. The molecular formula is C24H31N3O2. The van der Waals surface area contributed by atoms with Crippen LogP contribution in [0.1, 0.15) is 37.5 Å². The molecule has 2 aromatic rings. The molecule has 0 radical (unpaired) electrons. The Morgan fingerprint density at radius 1 is 0.966 bits per heavy atom. The molecule has 0 unspecified atom stereocenters. The van der Waals surface area contributed by atoms with Gasteiger partial charge in [-0.2, -0.15) is 0 Å². The van der Waals surface area contributed by atoms with Crippen molar-refractivity contribution in [3.63, 3.8) is 0 Å². The van der Waals surface area contributed by atoms with Crippen LogP contribution >= 0.6 is 0 Å². The van der Waals surface area contributed by atoms with Crippen molar-refractivity contribution in [2.24, 2.45) is 5.41 Å². The van der Waals surface area contributed by atoms with Crippen molar-refractivity contribution in [1.82, 2.24) is 5.32 Å². The van der Waals surface area contributed by atoms with Crippen molar-refractivity contribution in [3.8, 4) is 0 Å². The highest BCUT2D eigenvalue weighted by molar-refractivity contribution is 6.09. The molecule has 5 nitrogen and oxygen atoms in total. The van der Waals surface area contributed by atoms with Gasteiger partial charge in [0.15, 0.2) is 0 Å². The second kappa shape index (κ2) is 8.95. The fraction of sp³-hybridized carbons (Fsp3) is 0.333. The summed E-state index contributed by atoms with van der Waals surface area (Å²) in [7, 11) is 3.94. The van der Waals surface area contributed by atoms with E-state index in [2.05, 4.69) is 10.6 Å². The molecule has 0 aromatic heterocycles. The first-order chi connectivity index (χ1) is 13.5. The summed E-state index contributed by atoms with van der Waals surface area (Å²) in [5.74, 6) is -0.573.